The fourth-order valence-corrected chi connectivity index (χ4v) is 3.00. The molecule has 1 aliphatic rings. The summed E-state index contributed by atoms with van der Waals surface area (Å²) in [5.41, 5.74) is 1.17. The Morgan fingerprint density at radius 3 is 2.74 bits per heavy atom. The van der Waals surface area contributed by atoms with Crippen LogP contribution in [0.4, 0.5) is 0 Å². The Kier molecular flexibility index (Phi) is 4.30. The molecule has 2 aromatic carbocycles. The molecule has 0 bridgehead atoms. The fourth-order valence-electron chi connectivity index (χ4n) is 3.00. The van der Waals surface area contributed by atoms with Crippen LogP contribution in [0.15, 0.2) is 42.5 Å². The summed E-state index contributed by atoms with van der Waals surface area (Å²) >= 11 is 0. The summed E-state index contributed by atoms with van der Waals surface area (Å²) in [6.07, 6.45) is 0. The van der Waals surface area contributed by atoms with Crippen LogP contribution in [0, 0.1) is 11.3 Å². The first kappa shape index (κ1) is 15.5. The number of benzene rings is 2. The Morgan fingerprint density at radius 2 is 1.96 bits per heavy atom. The smallest absolute Gasteiger partial charge is 0.131 e. The fraction of sp³-hybridized carbons (Fsp3) is 0.278. The third kappa shape index (κ3) is 2.68. The van der Waals surface area contributed by atoms with Gasteiger partial charge < -0.3 is 20.3 Å². The van der Waals surface area contributed by atoms with Crippen molar-refractivity contribution in [2.24, 2.45) is 0 Å². The zero-order valence-corrected chi connectivity index (χ0v) is 12.6. The van der Waals surface area contributed by atoms with Gasteiger partial charge in [-0.05, 0) is 17.7 Å². The minimum Gasteiger partial charge on any atom is -0.488 e. The maximum Gasteiger partial charge on any atom is 0.131 e. The zero-order chi connectivity index (χ0) is 16.3. The summed E-state index contributed by atoms with van der Waals surface area (Å²) in [5.74, 6) is 0.598. The molecule has 5 heteroatoms. The molecule has 0 fully saturated rings. The Hall–Kier alpha value is -2.39. The van der Waals surface area contributed by atoms with Crippen LogP contribution in [0.2, 0.25) is 0 Å². The number of hydrogen-bond acceptors (Lipinski definition) is 5. The van der Waals surface area contributed by atoms with Gasteiger partial charge in [0.2, 0.25) is 0 Å². The number of aliphatic hydroxyl groups is 2. The van der Waals surface area contributed by atoms with Crippen LogP contribution in [0.5, 0.6) is 5.75 Å². The first-order valence-corrected chi connectivity index (χ1v) is 7.49. The van der Waals surface area contributed by atoms with Gasteiger partial charge in [-0.15, -0.1) is 0 Å². The summed E-state index contributed by atoms with van der Waals surface area (Å²) in [6.45, 7) is 0.812. The molecule has 23 heavy (non-hydrogen) atoms. The van der Waals surface area contributed by atoms with E-state index in [9.17, 15) is 10.4 Å². The van der Waals surface area contributed by atoms with Gasteiger partial charge in [0.15, 0.2) is 0 Å². The van der Waals surface area contributed by atoms with E-state index in [4.69, 9.17) is 9.84 Å². The minimum absolute atomic E-state index is 0.0146. The summed E-state index contributed by atoms with van der Waals surface area (Å²) in [5, 5.41) is 32.9. The SMILES string of the molecule is N#Cc1cccc2c1COc1ccccc1C2(O)CNCCO. The van der Waals surface area contributed by atoms with Crippen LogP contribution < -0.4 is 10.1 Å². The summed E-state index contributed by atoms with van der Waals surface area (Å²) in [7, 11) is 0. The van der Waals surface area contributed by atoms with Gasteiger partial charge in [-0.3, -0.25) is 0 Å². The van der Waals surface area contributed by atoms with Crippen LogP contribution in [-0.2, 0) is 12.2 Å². The number of nitrogens with zero attached hydrogens (tertiary/aromatic N) is 1. The number of hydrogen-bond donors (Lipinski definition) is 3. The molecule has 1 atom stereocenters. The van der Waals surface area contributed by atoms with Gasteiger partial charge in [0.05, 0.1) is 18.2 Å². The molecule has 0 saturated carbocycles. The predicted octanol–water partition coefficient (Wildman–Crippen LogP) is 1.27. The molecule has 3 rings (SSSR count). The summed E-state index contributed by atoms with van der Waals surface area (Å²) in [4.78, 5) is 0. The van der Waals surface area contributed by atoms with E-state index in [0.717, 1.165) is 0 Å². The van der Waals surface area contributed by atoms with Crippen LogP contribution in [0.3, 0.4) is 0 Å². The summed E-state index contributed by atoms with van der Waals surface area (Å²) in [6, 6.07) is 14.8. The van der Waals surface area contributed by atoms with Crippen LogP contribution in [0.1, 0.15) is 22.3 Å². The maximum absolute atomic E-state index is 11.5. The number of aliphatic hydroxyl groups excluding tert-OH is 1. The molecule has 0 amide bonds. The highest BCUT2D eigenvalue weighted by molar-refractivity contribution is 5.53. The highest BCUT2D eigenvalue weighted by Crippen LogP contribution is 2.40. The maximum atomic E-state index is 11.5. The van der Waals surface area contributed by atoms with Gasteiger partial charge in [0, 0.05) is 24.2 Å². The normalized spacial score (nSPS) is 19.0. The van der Waals surface area contributed by atoms with Gasteiger partial charge in [0.1, 0.15) is 18.0 Å². The molecule has 0 radical (unpaired) electrons. The Morgan fingerprint density at radius 1 is 1.17 bits per heavy atom. The van der Waals surface area contributed by atoms with Gasteiger partial charge >= 0.3 is 0 Å². The highest BCUT2D eigenvalue weighted by Gasteiger charge is 2.38. The van der Waals surface area contributed by atoms with E-state index in [-0.39, 0.29) is 19.8 Å². The second-order valence-corrected chi connectivity index (χ2v) is 5.49. The zero-order valence-electron chi connectivity index (χ0n) is 12.6. The molecule has 2 aromatic rings. The number of para-hydroxylation sites is 1. The predicted molar refractivity (Wildman–Crippen MR) is 84.9 cm³/mol. The van der Waals surface area contributed by atoms with E-state index >= 15 is 0 Å². The topological polar surface area (TPSA) is 85.5 Å². The largest absolute Gasteiger partial charge is 0.488 e. The lowest BCUT2D eigenvalue weighted by molar-refractivity contribution is 0.0779. The second kappa shape index (κ2) is 6.39. The Balaban J connectivity index is 2.17. The highest BCUT2D eigenvalue weighted by atomic mass is 16.5. The molecule has 1 unspecified atom stereocenters. The lowest BCUT2D eigenvalue weighted by Crippen LogP contribution is -2.40. The van der Waals surface area contributed by atoms with E-state index in [1.54, 1.807) is 12.1 Å². The van der Waals surface area contributed by atoms with Crippen molar-refractivity contribution in [1.82, 2.24) is 5.32 Å². The first-order chi connectivity index (χ1) is 11.2. The van der Waals surface area contributed by atoms with E-state index in [2.05, 4.69) is 11.4 Å². The van der Waals surface area contributed by atoms with Crippen molar-refractivity contribution in [2.75, 3.05) is 19.7 Å². The molecule has 0 aliphatic carbocycles. The summed E-state index contributed by atoms with van der Waals surface area (Å²) < 4.78 is 5.83. The molecule has 3 N–H and O–H groups in total. The van der Waals surface area contributed by atoms with Crippen LogP contribution in [0.25, 0.3) is 0 Å². The molecule has 1 aliphatic heterocycles. The molecular formula is C18H18N2O3. The van der Waals surface area contributed by atoms with Gasteiger partial charge in [-0.2, -0.15) is 5.26 Å². The van der Waals surface area contributed by atoms with Crippen molar-refractivity contribution in [3.8, 4) is 11.8 Å². The average molecular weight is 310 g/mol. The number of nitrogens with one attached hydrogen (secondary N) is 1. The van der Waals surface area contributed by atoms with Crippen molar-refractivity contribution >= 4 is 0 Å². The van der Waals surface area contributed by atoms with Crippen molar-refractivity contribution < 1.29 is 14.9 Å². The number of fused-ring (bicyclic) bond motifs is 2. The quantitative estimate of drug-likeness (QED) is 0.741. The lowest BCUT2D eigenvalue weighted by Gasteiger charge is -2.30. The average Bonchev–Trinajstić information content (AvgIpc) is 2.71. The van der Waals surface area contributed by atoms with Crippen molar-refractivity contribution in [1.29, 1.82) is 5.26 Å². The monoisotopic (exact) mass is 310 g/mol. The van der Waals surface area contributed by atoms with Crippen molar-refractivity contribution in [3.63, 3.8) is 0 Å². The number of ether oxygens (including phenoxy) is 1. The van der Waals surface area contributed by atoms with E-state index in [0.29, 0.717) is 34.5 Å². The molecule has 0 spiro atoms. The van der Waals surface area contributed by atoms with Crippen molar-refractivity contribution in [3.05, 3.63) is 64.7 Å². The number of nitriles is 1. The van der Waals surface area contributed by atoms with Gasteiger partial charge in [0.25, 0.3) is 0 Å². The van der Waals surface area contributed by atoms with Crippen LogP contribution in [-0.4, -0.2) is 29.9 Å². The molecule has 5 nitrogen and oxygen atoms in total. The second-order valence-electron chi connectivity index (χ2n) is 5.49. The molecular weight excluding hydrogens is 292 g/mol. The number of rotatable bonds is 4. The first-order valence-electron chi connectivity index (χ1n) is 7.49. The Bertz CT molecular complexity index is 754. The molecule has 0 aromatic heterocycles. The lowest BCUT2D eigenvalue weighted by atomic mass is 9.82. The molecule has 1 heterocycles. The minimum atomic E-state index is -1.33. The van der Waals surface area contributed by atoms with Crippen LogP contribution >= 0.6 is 0 Å². The van der Waals surface area contributed by atoms with E-state index in [1.165, 1.54) is 0 Å². The van der Waals surface area contributed by atoms with Gasteiger partial charge in [-0.25, -0.2) is 0 Å². The van der Waals surface area contributed by atoms with Gasteiger partial charge in [-0.1, -0.05) is 30.3 Å². The molecule has 0 saturated heterocycles. The standard InChI is InChI=1S/C18H18N2O3/c19-10-13-4-3-6-15-14(13)11-23-17-7-2-1-5-16(17)18(15,22)12-20-8-9-21/h1-7,20-22H,8-9,11-12H2. The van der Waals surface area contributed by atoms with E-state index < -0.39 is 5.60 Å². The van der Waals surface area contributed by atoms with Crippen molar-refractivity contribution in [2.45, 2.75) is 12.2 Å². The molecule has 118 valence electrons. The third-order valence-corrected chi connectivity index (χ3v) is 4.12. The Labute approximate surface area is 134 Å². The third-order valence-electron chi connectivity index (χ3n) is 4.12. The van der Waals surface area contributed by atoms with E-state index in [1.807, 2.05) is 30.3 Å².